The Balaban J connectivity index is 2.08. The van der Waals surface area contributed by atoms with Crippen LogP contribution in [0.3, 0.4) is 0 Å². The molecule has 7 heteroatoms. The van der Waals surface area contributed by atoms with E-state index in [1.807, 2.05) is 13.0 Å². The zero-order valence-electron chi connectivity index (χ0n) is 14.2. The van der Waals surface area contributed by atoms with E-state index in [2.05, 4.69) is 16.9 Å². The van der Waals surface area contributed by atoms with E-state index in [1.165, 1.54) is 0 Å². The summed E-state index contributed by atoms with van der Waals surface area (Å²) in [6.07, 6.45) is 2.94. The molecule has 1 aromatic rings. The monoisotopic (exact) mass is 350 g/mol. The summed E-state index contributed by atoms with van der Waals surface area (Å²) in [4.78, 5) is 4.56. The molecule has 0 radical (unpaired) electrons. The zero-order valence-corrected chi connectivity index (χ0v) is 15.0. The Labute approximate surface area is 144 Å². The van der Waals surface area contributed by atoms with Crippen molar-refractivity contribution in [2.75, 3.05) is 19.6 Å². The molecule has 0 atom stereocenters. The molecule has 2 rings (SSSR count). The van der Waals surface area contributed by atoms with Crippen molar-refractivity contribution in [1.82, 2.24) is 9.62 Å². The van der Waals surface area contributed by atoms with E-state index in [0.29, 0.717) is 37.0 Å². The van der Waals surface area contributed by atoms with Gasteiger partial charge in [-0.05, 0) is 37.5 Å². The first-order chi connectivity index (χ1) is 11.4. The minimum atomic E-state index is -3.42. The van der Waals surface area contributed by atoms with Crippen molar-refractivity contribution in [3.63, 3.8) is 0 Å². The Kier molecular flexibility index (Phi) is 6.39. The molecule has 0 aromatic heterocycles. The normalized spacial score (nSPS) is 16.8. The molecular formula is C17H26N4O2S. The number of nitrogens with zero attached hydrogens (tertiary/aromatic N) is 2. The van der Waals surface area contributed by atoms with Gasteiger partial charge in [-0.2, -0.15) is 4.31 Å². The van der Waals surface area contributed by atoms with Gasteiger partial charge >= 0.3 is 0 Å². The van der Waals surface area contributed by atoms with Gasteiger partial charge < -0.3 is 11.1 Å². The predicted octanol–water partition coefficient (Wildman–Crippen LogP) is 1.84. The highest BCUT2D eigenvalue weighted by atomic mass is 32.2. The summed E-state index contributed by atoms with van der Waals surface area (Å²) in [5, 5.41) is 2.95. The molecule has 1 saturated heterocycles. The molecule has 3 N–H and O–H groups in total. The smallest absolute Gasteiger partial charge is 0.243 e. The molecule has 1 heterocycles. The van der Waals surface area contributed by atoms with Crippen LogP contribution in [-0.4, -0.2) is 38.3 Å². The second-order valence-corrected chi connectivity index (χ2v) is 8.06. The molecule has 1 fully saturated rings. The topological polar surface area (TPSA) is 87.8 Å². The van der Waals surface area contributed by atoms with Gasteiger partial charge in [0, 0.05) is 19.6 Å². The summed E-state index contributed by atoms with van der Waals surface area (Å²) in [7, 11) is -3.42. The van der Waals surface area contributed by atoms with Gasteiger partial charge in [-0.15, -0.1) is 0 Å². The van der Waals surface area contributed by atoms with Gasteiger partial charge in [-0.1, -0.05) is 30.7 Å². The largest absolute Gasteiger partial charge is 0.370 e. The van der Waals surface area contributed by atoms with Crippen molar-refractivity contribution >= 4 is 16.0 Å². The van der Waals surface area contributed by atoms with Crippen molar-refractivity contribution in [1.29, 1.82) is 0 Å². The summed E-state index contributed by atoms with van der Waals surface area (Å²) in [5.41, 5.74) is 7.56. The lowest BCUT2D eigenvalue weighted by molar-refractivity contribution is 0.346. The molecule has 132 valence electrons. The summed E-state index contributed by atoms with van der Waals surface area (Å²) < 4.78 is 27.0. The lowest BCUT2D eigenvalue weighted by Crippen LogP contribution is -2.35. The van der Waals surface area contributed by atoms with E-state index in [4.69, 9.17) is 5.73 Å². The van der Waals surface area contributed by atoms with Crippen LogP contribution < -0.4 is 11.1 Å². The highest BCUT2D eigenvalue weighted by Gasteiger charge is 2.25. The molecule has 1 aliphatic heterocycles. The highest BCUT2D eigenvalue weighted by Crippen LogP contribution is 2.21. The van der Waals surface area contributed by atoms with E-state index in [-0.39, 0.29) is 0 Å². The number of benzene rings is 1. The van der Waals surface area contributed by atoms with E-state index in [9.17, 15) is 8.42 Å². The number of rotatable bonds is 6. The van der Waals surface area contributed by atoms with Crippen LogP contribution in [0.4, 0.5) is 0 Å². The van der Waals surface area contributed by atoms with Gasteiger partial charge in [0.2, 0.25) is 10.0 Å². The quantitative estimate of drug-likeness (QED) is 0.465. The Morgan fingerprint density at radius 3 is 2.71 bits per heavy atom. The van der Waals surface area contributed by atoms with Gasteiger partial charge in [0.15, 0.2) is 5.96 Å². The SMILES string of the molecule is C=C(C)CNC(N)=NCc1cccc(S(=O)(=O)N2CCCCC2)c1. The van der Waals surface area contributed by atoms with Crippen LogP contribution >= 0.6 is 0 Å². The van der Waals surface area contributed by atoms with E-state index in [0.717, 1.165) is 30.4 Å². The zero-order chi connectivity index (χ0) is 17.6. The average molecular weight is 350 g/mol. The second-order valence-electron chi connectivity index (χ2n) is 6.12. The molecule has 0 saturated carbocycles. The van der Waals surface area contributed by atoms with Crippen molar-refractivity contribution in [2.24, 2.45) is 10.7 Å². The molecule has 1 aliphatic rings. The van der Waals surface area contributed by atoms with Crippen LogP contribution in [0.25, 0.3) is 0 Å². The summed E-state index contributed by atoms with van der Waals surface area (Å²) >= 11 is 0. The van der Waals surface area contributed by atoms with Gasteiger partial charge in [-0.3, -0.25) is 0 Å². The molecule has 0 spiro atoms. The first kappa shape index (κ1) is 18.5. The molecular weight excluding hydrogens is 324 g/mol. The molecule has 0 aliphatic carbocycles. The molecule has 0 unspecified atom stereocenters. The fourth-order valence-corrected chi connectivity index (χ4v) is 4.12. The molecule has 6 nitrogen and oxygen atoms in total. The maximum Gasteiger partial charge on any atom is 0.243 e. The van der Waals surface area contributed by atoms with Crippen molar-refractivity contribution in [3.8, 4) is 0 Å². The summed E-state index contributed by atoms with van der Waals surface area (Å²) in [6.45, 7) is 7.78. The number of nitrogens with two attached hydrogens (primary N) is 1. The Morgan fingerprint density at radius 1 is 1.33 bits per heavy atom. The van der Waals surface area contributed by atoms with Crippen LogP contribution in [0, 0.1) is 0 Å². The fraction of sp³-hybridized carbons (Fsp3) is 0.471. The Bertz CT molecular complexity index is 707. The first-order valence-corrected chi connectivity index (χ1v) is 9.61. The molecule has 0 amide bonds. The average Bonchev–Trinajstić information content (AvgIpc) is 2.59. The number of piperidine rings is 1. The Morgan fingerprint density at radius 2 is 2.04 bits per heavy atom. The van der Waals surface area contributed by atoms with Gasteiger partial charge in [0.05, 0.1) is 11.4 Å². The summed E-state index contributed by atoms with van der Waals surface area (Å²) in [5.74, 6) is 0.322. The third kappa shape index (κ3) is 5.07. The number of hydrogen-bond donors (Lipinski definition) is 2. The third-order valence-corrected chi connectivity index (χ3v) is 5.75. The van der Waals surface area contributed by atoms with Gasteiger partial charge in [0.1, 0.15) is 0 Å². The number of aliphatic imine (C=N–C) groups is 1. The number of sulfonamides is 1. The van der Waals surface area contributed by atoms with Crippen molar-refractivity contribution < 1.29 is 8.42 Å². The number of hydrogen-bond acceptors (Lipinski definition) is 3. The van der Waals surface area contributed by atoms with Gasteiger partial charge in [-0.25, -0.2) is 13.4 Å². The van der Waals surface area contributed by atoms with Crippen LogP contribution in [0.1, 0.15) is 31.7 Å². The van der Waals surface area contributed by atoms with Crippen molar-refractivity contribution in [3.05, 3.63) is 42.0 Å². The molecule has 24 heavy (non-hydrogen) atoms. The van der Waals surface area contributed by atoms with E-state index < -0.39 is 10.0 Å². The predicted molar refractivity (Wildman–Crippen MR) is 97.2 cm³/mol. The van der Waals surface area contributed by atoms with E-state index >= 15 is 0 Å². The minimum Gasteiger partial charge on any atom is -0.370 e. The Hall–Kier alpha value is -1.86. The van der Waals surface area contributed by atoms with Crippen LogP contribution in [-0.2, 0) is 16.6 Å². The van der Waals surface area contributed by atoms with E-state index in [1.54, 1.807) is 22.5 Å². The summed E-state index contributed by atoms with van der Waals surface area (Å²) in [6, 6.07) is 6.92. The first-order valence-electron chi connectivity index (χ1n) is 8.17. The van der Waals surface area contributed by atoms with Gasteiger partial charge in [0.25, 0.3) is 0 Å². The van der Waals surface area contributed by atoms with Crippen LogP contribution in [0.15, 0.2) is 46.3 Å². The standard InChI is InChI=1S/C17H26N4O2S/c1-14(2)12-19-17(18)20-13-15-7-6-8-16(11-15)24(22,23)21-9-4-3-5-10-21/h6-8,11H,1,3-5,9-10,12-13H2,2H3,(H3,18,19,20). The van der Waals surface area contributed by atoms with Crippen molar-refractivity contribution in [2.45, 2.75) is 37.6 Å². The third-order valence-electron chi connectivity index (χ3n) is 3.85. The maximum atomic E-state index is 12.7. The molecule has 1 aromatic carbocycles. The fourth-order valence-electron chi connectivity index (χ4n) is 2.53. The maximum absolute atomic E-state index is 12.7. The van der Waals surface area contributed by atoms with Crippen LogP contribution in [0.2, 0.25) is 0 Å². The second kappa shape index (κ2) is 8.30. The number of nitrogens with one attached hydrogen (secondary N) is 1. The lowest BCUT2D eigenvalue weighted by Gasteiger charge is -2.26. The molecule has 0 bridgehead atoms. The highest BCUT2D eigenvalue weighted by molar-refractivity contribution is 7.89. The number of guanidine groups is 1. The minimum absolute atomic E-state index is 0.322. The van der Waals surface area contributed by atoms with Crippen LogP contribution in [0.5, 0.6) is 0 Å². The lowest BCUT2D eigenvalue weighted by atomic mass is 10.2.